The van der Waals surface area contributed by atoms with Gasteiger partial charge in [-0.25, -0.2) is 0 Å². The molecule has 2 rings (SSSR count). The van der Waals surface area contributed by atoms with Gasteiger partial charge in [-0.3, -0.25) is 4.79 Å². The van der Waals surface area contributed by atoms with E-state index in [0.717, 1.165) is 17.0 Å². The third-order valence-corrected chi connectivity index (χ3v) is 3.42. The van der Waals surface area contributed by atoms with Gasteiger partial charge in [0.05, 0.1) is 7.11 Å². The molecule has 4 nitrogen and oxygen atoms in total. The van der Waals surface area contributed by atoms with Crippen LogP contribution in [0.4, 0.5) is 5.69 Å². The quantitative estimate of drug-likeness (QED) is 0.904. The molecule has 0 fully saturated rings. The second-order valence-electron chi connectivity index (χ2n) is 4.88. The van der Waals surface area contributed by atoms with Gasteiger partial charge in [0.15, 0.2) is 6.10 Å². The summed E-state index contributed by atoms with van der Waals surface area (Å²) < 4.78 is 10.7. The molecule has 0 unspecified atom stereocenters. The SMILES string of the molecule is COc1ccc(O[C@@H](C)C(=O)Nc2ccc(Cl)cc2C)cc1. The average Bonchev–Trinajstić information content (AvgIpc) is 2.50. The molecule has 0 heterocycles. The number of hydrogen-bond donors (Lipinski definition) is 1. The minimum absolute atomic E-state index is 0.221. The molecule has 0 aromatic heterocycles. The van der Waals surface area contributed by atoms with Gasteiger partial charge in [0.2, 0.25) is 0 Å². The summed E-state index contributed by atoms with van der Waals surface area (Å²) in [5.41, 5.74) is 1.62. The maximum absolute atomic E-state index is 12.2. The lowest BCUT2D eigenvalue weighted by atomic mass is 10.2. The number of carbonyl (C=O) groups is 1. The normalized spacial score (nSPS) is 11.6. The summed E-state index contributed by atoms with van der Waals surface area (Å²) >= 11 is 5.90. The lowest BCUT2D eigenvalue weighted by molar-refractivity contribution is -0.122. The molecule has 0 spiro atoms. The number of anilines is 1. The van der Waals surface area contributed by atoms with E-state index in [1.54, 1.807) is 56.5 Å². The van der Waals surface area contributed by atoms with Crippen LogP contribution in [-0.4, -0.2) is 19.1 Å². The van der Waals surface area contributed by atoms with Gasteiger partial charge < -0.3 is 14.8 Å². The van der Waals surface area contributed by atoms with Crippen LogP contribution in [0.5, 0.6) is 11.5 Å². The molecule has 0 aliphatic heterocycles. The molecule has 1 amide bonds. The highest BCUT2D eigenvalue weighted by Gasteiger charge is 2.15. The van der Waals surface area contributed by atoms with E-state index in [1.807, 2.05) is 6.92 Å². The highest BCUT2D eigenvalue weighted by atomic mass is 35.5. The van der Waals surface area contributed by atoms with Gasteiger partial charge in [0, 0.05) is 10.7 Å². The summed E-state index contributed by atoms with van der Waals surface area (Å²) in [5, 5.41) is 3.47. The predicted molar refractivity (Wildman–Crippen MR) is 87.9 cm³/mol. The molecule has 0 saturated carbocycles. The maximum Gasteiger partial charge on any atom is 0.265 e. The van der Waals surface area contributed by atoms with E-state index in [4.69, 9.17) is 21.1 Å². The van der Waals surface area contributed by atoms with Gasteiger partial charge in [0.25, 0.3) is 5.91 Å². The fraction of sp³-hybridized carbons (Fsp3) is 0.235. The molecular weight excluding hydrogens is 302 g/mol. The van der Waals surface area contributed by atoms with Crippen LogP contribution in [0.25, 0.3) is 0 Å². The summed E-state index contributed by atoms with van der Waals surface area (Å²) in [7, 11) is 1.60. The van der Waals surface area contributed by atoms with Crippen LogP contribution in [0.15, 0.2) is 42.5 Å². The zero-order valence-corrected chi connectivity index (χ0v) is 13.5. The number of halogens is 1. The van der Waals surface area contributed by atoms with Crippen LogP contribution in [0.3, 0.4) is 0 Å². The first kappa shape index (κ1) is 16.2. The third-order valence-electron chi connectivity index (χ3n) is 3.19. The van der Waals surface area contributed by atoms with E-state index in [9.17, 15) is 4.79 Å². The van der Waals surface area contributed by atoms with Gasteiger partial charge in [0.1, 0.15) is 11.5 Å². The first-order chi connectivity index (χ1) is 10.5. The van der Waals surface area contributed by atoms with Gasteiger partial charge in [-0.15, -0.1) is 0 Å². The Hall–Kier alpha value is -2.20. The predicted octanol–water partition coefficient (Wildman–Crippen LogP) is 4.06. The molecular formula is C17H18ClNO3. The summed E-state index contributed by atoms with van der Waals surface area (Å²) in [4.78, 5) is 12.2. The molecule has 0 saturated heterocycles. The highest BCUT2D eigenvalue weighted by Crippen LogP contribution is 2.21. The van der Waals surface area contributed by atoms with Gasteiger partial charge in [-0.05, 0) is 61.9 Å². The van der Waals surface area contributed by atoms with Gasteiger partial charge >= 0.3 is 0 Å². The zero-order valence-electron chi connectivity index (χ0n) is 12.7. The van der Waals surface area contributed by atoms with Crippen LogP contribution in [-0.2, 0) is 4.79 Å². The molecule has 0 aliphatic rings. The molecule has 1 N–H and O–H groups in total. The molecule has 22 heavy (non-hydrogen) atoms. The van der Waals surface area contributed by atoms with E-state index in [0.29, 0.717) is 10.8 Å². The Labute approximate surface area is 135 Å². The van der Waals surface area contributed by atoms with Crippen molar-refractivity contribution >= 4 is 23.2 Å². The van der Waals surface area contributed by atoms with Crippen molar-refractivity contribution in [1.82, 2.24) is 0 Å². The maximum atomic E-state index is 12.2. The molecule has 5 heteroatoms. The summed E-state index contributed by atoms with van der Waals surface area (Å²) in [6, 6.07) is 12.4. The molecule has 2 aromatic carbocycles. The van der Waals surface area contributed by atoms with Crippen molar-refractivity contribution in [2.75, 3.05) is 12.4 Å². The van der Waals surface area contributed by atoms with Crippen molar-refractivity contribution in [3.8, 4) is 11.5 Å². The molecule has 0 aliphatic carbocycles. The largest absolute Gasteiger partial charge is 0.497 e. The van der Waals surface area contributed by atoms with Crippen molar-refractivity contribution < 1.29 is 14.3 Å². The van der Waals surface area contributed by atoms with Gasteiger partial charge in [-0.1, -0.05) is 11.6 Å². The number of aryl methyl sites for hydroxylation is 1. The minimum Gasteiger partial charge on any atom is -0.497 e. The van der Waals surface area contributed by atoms with E-state index in [2.05, 4.69) is 5.32 Å². The average molecular weight is 320 g/mol. The third kappa shape index (κ3) is 4.15. The van der Waals surface area contributed by atoms with Crippen LogP contribution >= 0.6 is 11.6 Å². The van der Waals surface area contributed by atoms with Crippen molar-refractivity contribution in [2.24, 2.45) is 0 Å². The number of carbonyl (C=O) groups excluding carboxylic acids is 1. The van der Waals surface area contributed by atoms with E-state index in [1.165, 1.54) is 0 Å². The molecule has 2 aromatic rings. The number of nitrogens with one attached hydrogen (secondary N) is 1. The number of benzene rings is 2. The molecule has 0 radical (unpaired) electrons. The van der Waals surface area contributed by atoms with Crippen molar-refractivity contribution in [1.29, 1.82) is 0 Å². The second-order valence-corrected chi connectivity index (χ2v) is 5.32. The first-order valence-corrected chi connectivity index (χ1v) is 7.25. The first-order valence-electron chi connectivity index (χ1n) is 6.87. The van der Waals surface area contributed by atoms with Crippen molar-refractivity contribution in [2.45, 2.75) is 20.0 Å². The highest BCUT2D eigenvalue weighted by molar-refractivity contribution is 6.30. The number of rotatable bonds is 5. The minimum atomic E-state index is -0.622. The second kappa shape index (κ2) is 7.18. The van der Waals surface area contributed by atoms with E-state index >= 15 is 0 Å². The van der Waals surface area contributed by atoms with E-state index < -0.39 is 6.10 Å². The standard InChI is InChI=1S/C17H18ClNO3/c1-11-10-13(18)4-9-16(11)19-17(20)12(2)22-15-7-5-14(21-3)6-8-15/h4-10,12H,1-3H3,(H,19,20)/t12-/m0/s1. The number of hydrogen-bond acceptors (Lipinski definition) is 3. The van der Waals surface area contributed by atoms with Crippen LogP contribution < -0.4 is 14.8 Å². The molecule has 0 bridgehead atoms. The number of ether oxygens (including phenoxy) is 2. The Bertz CT molecular complexity index is 655. The Morgan fingerprint density at radius 3 is 2.36 bits per heavy atom. The van der Waals surface area contributed by atoms with Crippen LogP contribution in [0.2, 0.25) is 5.02 Å². The van der Waals surface area contributed by atoms with Crippen molar-refractivity contribution in [3.63, 3.8) is 0 Å². The molecule has 116 valence electrons. The Balaban J connectivity index is 1.99. The number of methoxy groups -OCH3 is 1. The lowest BCUT2D eigenvalue weighted by Gasteiger charge is -2.16. The van der Waals surface area contributed by atoms with Crippen LogP contribution in [0, 0.1) is 6.92 Å². The van der Waals surface area contributed by atoms with Gasteiger partial charge in [-0.2, -0.15) is 0 Å². The Kier molecular flexibility index (Phi) is 5.28. The summed E-state index contributed by atoms with van der Waals surface area (Å²) in [6.45, 7) is 3.58. The topological polar surface area (TPSA) is 47.6 Å². The fourth-order valence-electron chi connectivity index (χ4n) is 1.91. The summed E-state index contributed by atoms with van der Waals surface area (Å²) in [6.07, 6.45) is -0.622. The van der Waals surface area contributed by atoms with E-state index in [-0.39, 0.29) is 5.91 Å². The number of amides is 1. The van der Waals surface area contributed by atoms with Crippen molar-refractivity contribution in [3.05, 3.63) is 53.1 Å². The fourth-order valence-corrected chi connectivity index (χ4v) is 2.14. The zero-order chi connectivity index (χ0) is 16.1. The lowest BCUT2D eigenvalue weighted by Crippen LogP contribution is -2.30. The van der Waals surface area contributed by atoms with Crippen LogP contribution in [0.1, 0.15) is 12.5 Å². The smallest absolute Gasteiger partial charge is 0.265 e. The Morgan fingerprint density at radius 1 is 1.14 bits per heavy atom. The monoisotopic (exact) mass is 319 g/mol. The molecule has 1 atom stereocenters. The Morgan fingerprint density at radius 2 is 1.77 bits per heavy atom. The summed E-state index contributed by atoms with van der Waals surface area (Å²) in [5.74, 6) is 1.12.